The van der Waals surface area contributed by atoms with Gasteiger partial charge in [-0.1, -0.05) is 12.8 Å². The summed E-state index contributed by atoms with van der Waals surface area (Å²) in [6, 6.07) is -1.52. The number of imide groups is 3. The number of hydrogen-bond acceptors (Lipinski definition) is 9. The van der Waals surface area contributed by atoms with Crippen LogP contribution in [0.5, 0.6) is 0 Å². The van der Waals surface area contributed by atoms with E-state index in [9.17, 15) is 28.8 Å². The summed E-state index contributed by atoms with van der Waals surface area (Å²) in [6.07, 6.45) is 6.99. The Morgan fingerprint density at radius 1 is 0.976 bits per heavy atom. The Balaban J connectivity index is 1.27. The molecule has 2 heterocycles. The molecule has 14 nitrogen and oxygen atoms in total. The van der Waals surface area contributed by atoms with E-state index >= 15 is 0 Å². The molecule has 224 valence electrons. The normalized spacial score (nSPS) is 30.8. The number of aliphatic carboxylic acids is 1. The van der Waals surface area contributed by atoms with Gasteiger partial charge < -0.3 is 26.2 Å². The van der Waals surface area contributed by atoms with Gasteiger partial charge in [0.05, 0.1) is 6.61 Å². The summed E-state index contributed by atoms with van der Waals surface area (Å²) >= 11 is 0. The summed E-state index contributed by atoms with van der Waals surface area (Å²) in [6.45, 7) is -0.176. The van der Waals surface area contributed by atoms with E-state index in [2.05, 4.69) is 0 Å². The molecule has 0 radical (unpaired) electrons. The van der Waals surface area contributed by atoms with E-state index in [1.54, 1.807) is 0 Å². The molecule has 0 bridgehead atoms. The molecule has 5 aliphatic rings. The Morgan fingerprint density at radius 2 is 1.61 bits per heavy atom. The second-order valence-corrected chi connectivity index (χ2v) is 12.2. The summed E-state index contributed by atoms with van der Waals surface area (Å²) in [5, 5.41) is 8.80. The third-order valence-electron chi connectivity index (χ3n) is 9.67. The Kier molecular flexibility index (Phi) is 7.47. The molecule has 5 rings (SSSR count). The number of nitrogens with zero attached hydrogens (tertiary/aromatic N) is 4. The molecule has 14 heteroatoms. The molecule has 2 aliphatic heterocycles. The lowest BCUT2D eigenvalue weighted by Crippen LogP contribution is -2.66. The first kappa shape index (κ1) is 28.8. The number of ether oxygens (including phenoxy) is 1. The number of amides is 7. The number of urea groups is 2. The Labute approximate surface area is 237 Å². The van der Waals surface area contributed by atoms with Crippen LogP contribution in [0.15, 0.2) is 11.4 Å². The SMILES string of the molecule is CN1C(=O)N(CCOCC(=O)O)C2(CC3(CCC(N4C(=O)C(=C(N)N)C(=O)N(CC5CCCC5)C4=O)CC3)C2)C1=O. The highest BCUT2D eigenvalue weighted by atomic mass is 16.5. The fraction of sp³-hybridized carbons (Fsp3) is 0.704. The third-order valence-corrected chi connectivity index (χ3v) is 9.67. The first-order valence-corrected chi connectivity index (χ1v) is 14.2. The molecule has 2 saturated heterocycles. The summed E-state index contributed by atoms with van der Waals surface area (Å²) in [5.74, 6) is -3.13. The topological polar surface area (TPSA) is 197 Å². The fourth-order valence-electron chi connectivity index (χ4n) is 7.69. The first-order valence-electron chi connectivity index (χ1n) is 14.2. The highest BCUT2D eigenvalue weighted by molar-refractivity contribution is 6.29. The van der Waals surface area contributed by atoms with E-state index in [-0.39, 0.29) is 42.5 Å². The van der Waals surface area contributed by atoms with Gasteiger partial charge >= 0.3 is 18.0 Å². The lowest BCUT2D eigenvalue weighted by atomic mass is 9.51. The standard InChI is InChI=1S/C27H38N6O8/c1-30-23(38)27(32(24(30)39)10-11-41-13-18(34)35)14-26(15-27)8-6-17(7-9-26)33-22(37)19(20(28)29)21(36)31(25(33)40)12-16-4-2-3-5-16/h16-17H,2-15,28-29H2,1H3,(H,34,35). The van der Waals surface area contributed by atoms with Crippen molar-refractivity contribution in [3.63, 3.8) is 0 Å². The van der Waals surface area contributed by atoms with Gasteiger partial charge in [-0.3, -0.25) is 29.1 Å². The monoisotopic (exact) mass is 574 g/mol. The van der Waals surface area contributed by atoms with Crippen LogP contribution in [-0.2, 0) is 23.9 Å². The number of likely N-dealkylation sites (N-methyl/N-ethyl adjacent to an activating group) is 1. The van der Waals surface area contributed by atoms with Crippen molar-refractivity contribution < 1.29 is 38.6 Å². The minimum Gasteiger partial charge on any atom is -0.480 e. The van der Waals surface area contributed by atoms with E-state index in [1.165, 1.54) is 11.9 Å². The maximum atomic E-state index is 13.5. The van der Waals surface area contributed by atoms with Crippen LogP contribution in [0.1, 0.15) is 64.2 Å². The average Bonchev–Trinajstić information content (AvgIpc) is 3.47. The zero-order valence-electron chi connectivity index (χ0n) is 23.3. The van der Waals surface area contributed by atoms with Gasteiger partial charge in [0, 0.05) is 26.2 Å². The Morgan fingerprint density at radius 3 is 2.20 bits per heavy atom. The van der Waals surface area contributed by atoms with E-state index < -0.39 is 53.9 Å². The lowest BCUT2D eigenvalue weighted by molar-refractivity contribution is -0.152. The minimum absolute atomic E-state index is 0.00856. The third kappa shape index (κ3) is 4.81. The van der Waals surface area contributed by atoms with Crippen molar-refractivity contribution in [2.24, 2.45) is 22.8 Å². The van der Waals surface area contributed by atoms with Gasteiger partial charge in [0.25, 0.3) is 17.7 Å². The maximum absolute atomic E-state index is 13.5. The van der Waals surface area contributed by atoms with Crippen molar-refractivity contribution in [1.82, 2.24) is 19.6 Å². The molecule has 7 amide bonds. The summed E-state index contributed by atoms with van der Waals surface area (Å²) in [5.41, 5.74) is 9.89. The Hall–Kier alpha value is -3.68. The zero-order chi connectivity index (χ0) is 29.7. The van der Waals surface area contributed by atoms with Crippen LogP contribution in [0.2, 0.25) is 0 Å². The molecule has 0 atom stereocenters. The molecule has 2 spiro atoms. The van der Waals surface area contributed by atoms with Crippen LogP contribution in [0.25, 0.3) is 0 Å². The molecule has 5 N–H and O–H groups in total. The molecule has 0 aromatic carbocycles. The van der Waals surface area contributed by atoms with Crippen molar-refractivity contribution in [1.29, 1.82) is 0 Å². The number of hydrogen-bond donors (Lipinski definition) is 3. The Bertz CT molecular complexity index is 1190. The van der Waals surface area contributed by atoms with Gasteiger partial charge in [0.15, 0.2) is 0 Å². The molecule has 5 fully saturated rings. The molecule has 41 heavy (non-hydrogen) atoms. The number of carbonyl (C=O) groups is 6. The van der Waals surface area contributed by atoms with Crippen LogP contribution in [-0.4, -0.2) is 105 Å². The number of barbiturate groups is 1. The van der Waals surface area contributed by atoms with Crippen LogP contribution in [0.4, 0.5) is 9.59 Å². The van der Waals surface area contributed by atoms with Gasteiger partial charge in [0.2, 0.25) is 0 Å². The molecule has 0 unspecified atom stereocenters. The van der Waals surface area contributed by atoms with Crippen molar-refractivity contribution in [2.45, 2.75) is 75.8 Å². The largest absolute Gasteiger partial charge is 0.480 e. The fourth-order valence-corrected chi connectivity index (χ4v) is 7.69. The van der Waals surface area contributed by atoms with Crippen LogP contribution >= 0.6 is 0 Å². The molecule has 0 aromatic rings. The lowest BCUT2D eigenvalue weighted by Gasteiger charge is -2.59. The van der Waals surface area contributed by atoms with Gasteiger partial charge in [-0.15, -0.1) is 0 Å². The highest BCUT2D eigenvalue weighted by Gasteiger charge is 2.68. The number of carboxylic acids is 1. The first-order chi connectivity index (χ1) is 19.4. The van der Waals surface area contributed by atoms with Crippen LogP contribution in [0, 0.1) is 11.3 Å². The van der Waals surface area contributed by atoms with Crippen LogP contribution in [0.3, 0.4) is 0 Å². The quantitative estimate of drug-likeness (QED) is 0.159. The number of rotatable bonds is 8. The van der Waals surface area contributed by atoms with Gasteiger partial charge in [-0.2, -0.15) is 0 Å². The number of carbonyl (C=O) groups excluding carboxylic acids is 5. The van der Waals surface area contributed by atoms with Crippen molar-refractivity contribution in [3.05, 3.63) is 11.4 Å². The summed E-state index contributed by atoms with van der Waals surface area (Å²) in [7, 11) is 1.44. The average molecular weight is 575 g/mol. The molecule has 3 saturated carbocycles. The van der Waals surface area contributed by atoms with E-state index in [4.69, 9.17) is 21.3 Å². The van der Waals surface area contributed by atoms with Crippen molar-refractivity contribution in [3.8, 4) is 0 Å². The maximum Gasteiger partial charge on any atom is 0.334 e. The highest BCUT2D eigenvalue weighted by Crippen LogP contribution is 2.61. The minimum atomic E-state index is -1.12. The smallest absolute Gasteiger partial charge is 0.334 e. The molecule has 0 aromatic heterocycles. The summed E-state index contributed by atoms with van der Waals surface area (Å²) in [4.78, 5) is 81.6. The second kappa shape index (κ2) is 10.6. The number of carboxylic acid groups (broad SMARTS) is 1. The molecular formula is C27H38N6O8. The van der Waals surface area contributed by atoms with Gasteiger partial charge in [-0.25, -0.2) is 14.4 Å². The van der Waals surface area contributed by atoms with Gasteiger partial charge in [-0.05, 0) is 62.7 Å². The van der Waals surface area contributed by atoms with E-state index in [1.807, 2.05) is 0 Å². The number of nitrogens with two attached hydrogens (primary N) is 2. The van der Waals surface area contributed by atoms with Crippen LogP contribution < -0.4 is 11.5 Å². The van der Waals surface area contributed by atoms with Crippen molar-refractivity contribution in [2.75, 3.05) is 33.4 Å². The molecule has 3 aliphatic carbocycles. The summed E-state index contributed by atoms with van der Waals surface area (Å²) < 4.78 is 5.12. The predicted molar refractivity (Wildman–Crippen MR) is 141 cm³/mol. The van der Waals surface area contributed by atoms with Gasteiger partial charge in [0.1, 0.15) is 23.5 Å². The molecular weight excluding hydrogens is 536 g/mol. The zero-order valence-corrected chi connectivity index (χ0v) is 23.3. The van der Waals surface area contributed by atoms with Crippen molar-refractivity contribution >= 4 is 35.8 Å². The van der Waals surface area contributed by atoms with E-state index in [0.29, 0.717) is 38.5 Å². The second-order valence-electron chi connectivity index (χ2n) is 12.2. The van der Waals surface area contributed by atoms with E-state index in [0.717, 1.165) is 40.4 Å². The predicted octanol–water partition coefficient (Wildman–Crippen LogP) is 0.553.